The average molecular weight is 421 g/mol. The second kappa shape index (κ2) is 9.01. The summed E-state index contributed by atoms with van der Waals surface area (Å²) >= 11 is 1.93. The predicted octanol–water partition coefficient (Wildman–Crippen LogP) is 5.34. The molecule has 158 valence electrons. The van der Waals surface area contributed by atoms with E-state index in [1.165, 1.54) is 60.3 Å². The Morgan fingerprint density at radius 3 is 2.70 bits per heavy atom. The molecule has 0 amide bonds. The van der Waals surface area contributed by atoms with Crippen molar-refractivity contribution >= 4 is 28.5 Å². The topological polar surface area (TPSA) is 48.8 Å². The molecule has 2 aliphatic heterocycles. The highest BCUT2D eigenvalue weighted by Gasteiger charge is 2.28. The van der Waals surface area contributed by atoms with Gasteiger partial charge in [0, 0.05) is 17.9 Å². The van der Waals surface area contributed by atoms with Crippen LogP contribution in [0.4, 0.5) is 5.69 Å². The zero-order valence-corrected chi connectivity index (χ0v) is 18.7. The fraction of sp³-hybridized carbons (Fsp3) is 0.520. The molecular formula is C25H32N4S. The van der Waals surface area contributed by atoms with Crippen LogP contribution in [-0.2, 0) is 6.42 Å². The lowest BCUT2D eigenvalue weighted by Gasteiger charge is -2.18. The number of aliphatic imine (C=N–C) groups is 2. The van der Waals surface area contributed by atoms with Gasteiger partial charge < -0.3 is 10.6 Å². The molecule has 2 heterocycles. The van der Waals surface area contributed by atoms with E-state index in [9.17, 15) is 0 Å². The fourth-order valence-electron chi connectivity index (χ4n) is 4.92. The van der Waals surface area contributed by atoms with Crippen molar-refractivity contribution in [1.82, 2.24) is 5.32 Å². The van der Waals surface area contributed by atoms with Crippen molar-refractivity contribution < 1.29 is 0 Å². The van der Waals surface area contributed by atoms with Crippen molar-refractivity contribution in [1.29, 1.82) is 0 Å². The minimum atomic E-state index is 0.384. The number of anilines is 1. The molecule has 2 atom stereocenters. The third-order valence-corrected chi connectivity index (χ3v) is 7.90. The minimum absolute atomic E-state index is 0.384. The first-order chi connectivity index (χ1) is 14.7. The largest absolute Gasteiger partial charge is 0.351 e. The molecule has 1 aromatic rings. The summed E-state index contributed by atoms with van der Waals surface area (Å²) in [4.78, 5) is 9.70. The monoisotopic (exact) mass is 420 g/mol. The Kier molecular flexibility index (Phi) is 5.98. The number of rotatable bonds is 5. The Bertz CT molecular complexity index is 890. The molecule has 2 unspecified atom stereocenters. The number of hydrogen-bond acceptors (Lipinski definition) is 5. The number of benzene rings is 1. The van der Waals surface area contributed by atoms with Crippen LogP contribution in [0.1, 0.15) is 51.0 Å². The van der Waals surface area contributed by atoms with Crippen LogP contribution < -0.4 is 10.6 Å². The van der Waals surface area contributed by atoms with Crippen molar-refractivity contribution in [3.05, 3.63) is 53.1 Å². The van der Waals surface area contributed by atoms with E-state index in [0.29, 0.717) is 12.1 Å². The van der Waals surface area contributed by atoms with E-state index in [1.54, 1.807) is 0 Å². The molecule has 0 bridgehead atoms. The summed E-state index contributed by atoms with van der Waals surface area (Å²) in [5.74, 6) is 2.83. The molecule has 2 aliphatic carbocycles. The summed E-state index contributed by atoms with van der Waals surface area (Å²) < 4.78 is 0. The molecule has 5 heteroatoms. The highest BCUT2D eigenvalue weighted by atomic mass is 32.2. The normalized spacial score (nSPS) is 26.7. The number of nitrogens with one attached hydrogen (secondary N) is 2. The Balaban J connectivity index is 1.14. The van der Waals surface area contributed by atoms with E-state index in [-0.39, 0.29) is 0 Å². The van der Waals surface area contributed by atoms with Gasteiger partial charge in [-0.15, -0.1) is 11.8 Å². The number of guanidine groups is 1. The third kappa shape index (κ3) is 4.66. The second-order valence-corrected chi connectivity index (χ2v) is 10.2. The molecule has 2 N–H and O–H groups in total. The number of hydrogen-bond donors (Lipinski definition) is 2. The Hall–Kier alpha value is -2.01. The highest BCUT2D eigenvalue weighted by molar-refractivity contribution is 8.14. The molecule has 1 saturated carbocycles. The Labute approximate surface area is 184 Å². The van der Waals surface area contributed by atoms with Crippen LogP contribution in [0, 0.1) is 5.92 Å². The van der Waals surface area contributed by atoms with Gasteiger partial charge in [0.25, 0.3) is 0 Å². The average Bonchev–Trinajstić information content (AvgIpc) is 3.52. The third-order valence-electron chi connectivity index (χ3n) is 6.83. The van der Waals surface area contributed by atoms with Gasteiger partial charge in [0.05, 0.1) is 23.7 Å². The van der Waals surface area contributed by atoms with Gasteiger partial charge in [0.15, 0.2) is 5.96 Å². The van der Waals surface area contributed by atoms with Gasteiger partial charge in [-0.2, -0.15) is 0 Å². The summed E-state index contributed by atoms with van der Waals surface area (Å²) in [7, 11) is 0. The van der Waals surface area contributed by atoms with Crippen molar-refractivity contribution in [3.8, 4) is 0 Å². The van der Waals surface area contributed by atoms with Crippen molar-refractivity contribution in [2.45, 2.75) is 64.0 Å². The molecule has 1 fully saturated rings. The summed E-state index contributed by atoms with van der Waals surface area (Å²) in [5, 5.41) is 8.33. The van der Waals surface area contributed by atoms with Gasteiger partial charge in [0.2, 0.25) is 0 Å². The maximum Gasteiger partial charge on any atom is 0.196 e. The van der Waals surface area contributed by atoms with Crippen LogP contribution in [0.15, 0.2) is 57.5 Å². The lowest BCUT2D eigenvalue weighted by Crippen LogP contribution is -2.38. The zero-order chi connectivity index (χ0) is 20.3. The summed E-state index contributed by atoms with van der Waals surface area (Å²) in [6.45, 7) is 3.13. The summed E-state index contributed by atoms with van der Waals surface area (Å²) in [6, 6.07) is 9.67. The van der Waals surface area contributed by atoms with Crippen LogP contribution in [0.3, 0.4) is 0 Å². The van der Waals surface area contributed by atoms with E-state index < -0.39 is 0 Å². The number of thioether (sulfide) groups is 1. The minimum Gasteiger partial charge on any atom is -0.351 e. The van der Waals surface area contributed by atoms with Gasteiger partial charge >= 0.3 is 0 Å². The van der Waals surface area contributed by atoms with E-state index in [2.05, 4.69) is 59.0 Å². The van der Waals surface area contributed by atoms with E-state index in [0.717, 1.165) is 36.3 Å². The molecule has 5 rings (SSSR count). The van der Waals surface area contributed by atoms with Crippen LogP contribution in [0.2, 0.25) is 0 Å². The van der Waals surface area contributed by atoms with Crippen LogP contribution in [0.25, 0.3) is 0 Å². The lowest BCUT2D eigenvalue weighted by atomic mass is 9.95. The van der Waals surface area contributed by atoms with Gasteiger partial charge in [0.1, 0.15) is 0 Å². The molecule has 0 radical (unpaired) electrons. The lowest BCUT2D eigenvalue weighted by molar-refractivity contribution is 0.424. The molecule has 4 aliphatic rings. The maximum atomic E-state index is 5.02. The van der Waals surface area contributed by atoms with Gasteiger partial charge in [-0.25, -0.2) is 0 Å². The van der Waals surface area contributed by atoms with Crippen LogP contribution >= 0.6 is 11.8 Å². The van der Waals surface area contributed by atoms with Gasteiger partial charge in [-0.3, -0.25) is 9.98 Å². The van der Waals surface area contributed by atoms with E-state index in [1.807, 2.05) is 11.8 Å². The summed E-state index contributed by atoms with van der Waals surface area (Å²) in [5.41, 5.74) is 5.41. The molecule has 4 nitrogen and oxygen atoms in total. The fourth-order valence-corrected chi connectivity index (χ4v) is 6.03. The standard InChI is InChI=1S/C25H32N4S/c1-17-6-10-20(11-7-17)23-16-30-24(28-23)14-18-8-12-21(13-9-18)27-25-26-15-22(29-25)19-4-2-3-5-19/h6,8-10,12-13,19,22-23H,2-5,7,11,14-16H2,1H3,(H2,26,27,29). The first kappa shape index (κ1) is 19.9. The maximum absolute atomic E-state index is 5.02. The predicted molar refractivity (Wildman–Crippen MR) is 130 cm³/mol. The SMILES string of the molecule is CC1=CC=C(C2CSC(Cc3ccc(NC4=NCC(C5CCCC5)N4)cc3)=N2)CC1. The molecular weight excluding hydrogens is 388 g/mol. The van der Waals surface area contributed by atoms with Gasteiger partial charge in [-0.05, 0) is 61.8 Å². The van der Waals surface area contributed by atoms with Crippen LogP contribution in [-0.4, -0.2) is 35.4 Å². The Morgan fingerprint density at radius 2 is 1.93 bits per heavy atom. The van der Waals surface area contributed by atoms with Crippen LogP contribution in [0.5, 0.6) is 0 Å². The quantitative estimate of drug-likeness (QED) is 0.676. The first-order valence-corrected chi connectivity index (χ1v) is 12.4. The van der Waals surface area contributed by atoms with E-state index >= 15 is 0 Å². The molecule has 0 spiro atoms. The first-order valence-electron chi connectivity index (χ1n) is 11.5. The van der Waals surface area contributed by atoms with E-state index in [4.69, 9.17) is 4.99 Å². The Morgan fingerprint density at radius 1 is 1.10 bits per heavy atom. The molecule has 0 aromatic heterocycles. The molecule has 1 aromatic carbocycles. The summed E-state index contributed by atoms with van der Waals surface area (Å²) in [6.07, 6.45) is 13.3. The second-order valence-electron chi connectivity index (χ2n) is 9.09. The van der Waals surface area contributed by atoms with Crippen molar-refractivity contribution in [3.63, 3.8) is 0 Å². The molecule has 30 heavy (non-hydrogen) atoms. The smallest absolute Gasteiger partial charge is 0.196 e. The number of allylic oxidation sites excluding steroid dienone is 3. The number of nitrogens with zero attached hydrogens (tertiary/aromatic N) is 2. The van der Waals surface area contributed by atoms with Crippen molar-refractivity contribution in [2.75, 3.05) is 17.6 Å². The van der Waals surface area contributed by atoms with Gasteiger partial charge in [-0.1, -0.05) is 42.7 Å². The van der Waals surface area contributed by atoms with Crippen molar-refractivity contribution in [2.24, 2.45) is 15.9 Å². The zero-order valence-electron chi connectivity index (χ0n) is 17.9. The molecule has 0 saturated heterocycles. The highest BCUT2D eigenvalue weighted by Crippen LogP contribution is 2.31.